The van der Waals surface area contributed by atoms with Gasteiger partial charge in [-0.3, -0.25) is 4.79 Å². The monoisotopic (exact) mass is 304 g/mol. The van der Waals surface area contributed by atoms with Gasteiger partial charge in [0.25, 0.3) is 0 Å². The quantitative estimate of drug-likeness (QED) is 0.882. The van der Waals surface area contributed by atoms with Gasteiger partial charge in [0, 0.05) is 10.1 Å². The van der Waals surface area contributed by atoms with E-state index in [9.17, 15) is 9.90 Å². The van der Waals surface area contributed by atoms with Gasteiger partial charge in [-0.05, 0) is 55.6 Å². The zero-order chi connectivity index (χ0) is 14.8. The van der Waals surface area contributed by atoms with E-state index in [0.29, 0.717) is 11.2 Å². The Morgan fingerprint density at radius 1 is 1.33 bits per heavy atom. The van der Waals surface area contributed by atoms with Gasteiger partial charge in [0.05, 0.1) is 5.92 Å². The van der Waals surface area contributed by atoms with Gasteiger partial charge >= 0.3 is 5.97 Å². The number of hydrogen-bond donors (Lipinski definition) is 1. The minimum Gasteiger partial charge on any atom is -0.481 e. The first-order chi connectivity index (χ1) is 10.2. The van der Waals surface area contributed by atoms with Crippen molar-refractivity contribution in [3.05, 3.63) is 29.8 Å². The molecule has 4 atom stereocenters. The zero-order valence-electron chi connectivity index (χ0n) is 12.6. The minimum atomic E-state index is -0.574. The lowest BCUT2D eigenvalue weighted by atomic mass is 9.71. The second-order valence-electron chi connectivity index (χ2n) is 6.58. The van der Waals surface area contributed by atoms with Crippen LogP contribution < -0.4 is 0 Å². The number of carboxylic acids is 1. The maximum Gasteiger partial charge on any atom is 0.306 e. The zero-order valence-corrected chi connectivity index (χ0v) is 13.4. The number of rotatable bonds is 4. The fraction of sp³-hybridized carbons (Fsp3) is 0.611. The van der Waals surface area contributed by atoms with Gasteiger partial charge in [0.2, 0.25) is 0 Å². The predicted octanol–water partition coefficient (Wildman–Crippen LogP) is 4.62. The highest BCUT2D eigenvalue weighted by Crippen LogP contribution is 2.44. The molecule has 1 N–H and O–H groups in total. The van der Waals surface area contributed by atoms with Crippen LogP contribution >= 0.6 is 11.8 Å². The largest absolute Gasteiger partial charge is 0.481 e. The standard InChI is InChI=1S/C18H24O2S/c1-2-12-7-8-16(18(19)20)14(9-12)11-15-10-13-5-3-4-6-17(13)21-15/h3-6,12,14-16H,2,7-11H2,1H3,(H,19,20). The van der Waals surface area contributed by atoms with E-state index >= 15 is 0 Å². The SMILES string of the molecule is CCC1CCC(C(=O)O)C(CC2Cc3ccccc3S2)C1. The molecule has 0 amide bonds. The normalized spacial score (nSPS) is 31.9. The Morgan fingerprint density at radius 3 is 2.86 bits per heavy atom. The van der Waals surface area contributed by atoms with Crippen molar-refractivity contribution in [1.82, 2.24) is 0 Å². The van der Waals surface area contributed by atoms with E-state index in [0.717, 1.165) is 38.0 Å². The average molecular weight is 304 g/mol. The molecular formula is C18H24O2S. The van der Waals surface area contributed by atoms with E-state index in [1.165, 1.54) is 16.9 Å². The highest BCUT2D eigenvalue weighted by atomic mass is 32.2. The second kappa shape index (κ2) is 6.43. The van der Waals surface area contributed by atoms with Crippen LogP contribution in [-0.2, 0) is 11.2 Å². The van der Waals surface area contributed by atoms with Gasteiger partial charge in [-0.15, -0.1) is 11.8 Å². The maximum atomic E-state index is 11.5. The first kappa shape index (κ1) is 15.0. The summed E-state index contributed by atoms with van der Waals surface area (Å²) in [6.07, 6.45) is 6.46. The Kier molecular flexibility index (Phi) is 4.58. The fourth-order valence-electron chi connectivity index (χ4n) is 4.04. The number of benzene rings is 1. The number of hydrogen-bond acceptors (Lipinski definition) is 2. The van der Waals surface area contributed by atoms with E-state index in [-0.39, 0.29) is 5.92 Å². The third kappa shape index (κ3) is 3.28. The van der Waals surface area contributed by atoms with Gasteiger partial charge in [-0.2, -0.15) is 0 Å². The Morgan fingerprint density at radius 2 is 2.14 bits per heavy atom. The first-order valence-corrected chi connectivity index (χ1v) is 9.02. The molecule has 1 fully saturated rings. The molecule has 1 aromatic rings. The molecule has 0 saturated heterocycles. The lowest BCUT2D eigenvalue weighted by Crippen LogP contribution is -2.32. The molecule has 2 aliphatic rings. The number of thioether (sulfide) groups is 1. The summed E-state index contributed by atoms with van der Waals surface area (Å²) in [5.41, 5.74) is 1.45. The molecule has 1 aromatic carbocycles. The molecule has 3 rings (SSSR count). The molecule has 114 valence electrons. The number of carbonyl (C=O) groups is 1. The summed E-state index contributed by atoms with van der Waals surface area (Å²) in [6, 6.07) is 8.62. The maximum absolute atomic E-state index is 11.5. The fourth-order valence-corrected chi connectivity index (χ4v) is 5.47. The van der Waals surface area contributed by atoms with Crippen LogP contribution in [0, 0.1) is 17.8 Å². The van der Waals surface area contributed by atoms with Crippen LogP contribution in [0.3, 0.4) is 0 Å². The van der Waals surface area contributed by atoms with E-state index < -0.39 is 5.97 Å². The average Bonchev–Trinajstić information content (AvgIpc) is 2.89. The predicted molar refractivity (Wildman–Crippen MR) is 86.7 cm³/mol. The van der Waals surface area contributed by atoms with Crippen LogP contribution in [0.5, 0.6) is 0 Å². The van der Waals surface area contributed by atoms with Crippen molar-refractivity contribution < 1.29 is 9.90 Å². The number of fused-ring (bicyclic) bond motifs is 1. The van der Waals surface area contributed by atoms with Crippen LogP contribution in [0.2, 0.25) is 0 Å². The summed E-state index contributed by atoms with van der Waals surface area (Å²) in [6.45, 7) is 2.24. The molecule has 4 unspecified atom stereocenters. The van der Waals surface area contributed by atoms with Crippen molar-refractivity contribution in [3.63, 3.8) is 0 Å². The Labute approximate surface area is 131 Å². The van der Waals surface area contributed by atoms with Crippen LogP contribution in [0.15, 0.2) is 29.2 Å². The third-order valence-corrected chi connectivity index (χ3v) is 6.61. The van der Waals surface area contributed by atoms with Crippen LogP contribution in [0.25, 0.3) is 0 Å². The van der Waals surface area contributed by atoms with Gasteiger partial charge < -0.3 is 5.11 Å². The second-order valence-corrected chi connectivity index (χ2v) is 7.92. The molecule has 0 radical (unpaired) electrons. The summed E-state index contributed by atoms with van der Waals surface area (Å²) < 4.78 is 0. The molecule has 3 heteroatoms. The number of carboxylic acid groups (broad SMARTS) is 1. The van der Waals surface area contributed by atoms with Gasteiger partial charge in [-0.25, -0.2) is 0 Å². The Hall–Kier alpha value is -0.960. The van der Waals surface area contributed by atoms with Gasteiger partial charge in [0.15, 0.2) is 0 Å². The molecule has 1 aliphatic heterocycles. The highest BCUT2D eigenvalue weighted by molar-refractivity contribution is 8.00. The van der Waals surface area contributed by atoms with Crippen LogP contribution in [-0.4, -0.2) is 16.3 Å². The summed E-state index contributed by atoms with van der Waals surface area (Å²) in [5.74, 6) is 0.416. The molecular weight excluding hydrogens is 280 g/mol. The molecule has 1 aliphatic carbocycles. The summed E-state index contributed by atoms with van der Waals surface area (Å²) in [5, 5.41) is 10.1. The summed E-state index contributed by atoms with van der Waals surface area (Å²) in [7, 11) is 0. The van der Waals surface area contributed by atoms with Crippen molar-refractivity contribution in [2.24, 2.45) is 17.8 Å². The van der Waals surface area contributed by atoms with Crippen molar-refractivity contribution in [2.45, 2.75) is 55.6 Å². The molecule has 1 heterocycles. The molecule has 2 nitrogen and oxygen atoms in total. The Balaban J connectivity index is 1.66. The van der Waals surface area contributed by atoms with Crippen LogP contribution in [0.4, 0.5) is 0 Å². The third-order valence-electron chi connectivity index (χ3n) is 5.27. The van der Waals surface area contributed by atoms with E-state index in [1.54, 1.807) is 0 Å². The lowest BCUT2D eigenvalue weighted by Gasteiger charge is -2.34. The summed E-state index contributed by atoms with van der Waals surface area (Å²) >= 11 is 1.96. The summed E-state index contributed by atoms with van der Waals surface area (Å²) in [4.78, 5) is 12.9. The van der Waals surface area contributed by atoms with E-state index in [2.05, 4.69) is 31.2 Å². The smallest absolute Gasteiger partial charge is 0.306 e. The number of aliphatic carboxylic acids is 1. The first-order valence-electron chi connectivity index (χ1n) is 8.14. The molecule has 0 spiro atoms. The van der Waals surface area contributed by atoms with Crippen molar-refractivity contribution in [2.75, 3.05) is 0 Å². The van der Waals surface area contributed by atoms with E-state index in [1.807, 2.05) is 11.8 Å². The Bertz CT molecular complexity index is 489. The lowest BCUT2D eigenvalue weighted by molar-refractivity contribution is -0.145. The minimum absolute atomic E-state index is 0.114. The molecule has 1 saturated carbocycles. The van der Waals surface area contributed by atoms with Crippen molar-refractivity contribution >= 4 is 17.7 Å². The topological polar surface area (TPSA) is 37.3 Å². The highest BCUT2D eigenvalue weighted by Gasteiger charge is 2.36. The van der Waals surface area contributed by atoms with Crippen molar-refractivity contribution in [1.29, 1.82) is 0 Å². The molecule has 21 heavy (non-hydrogen) atoms. The van der Waals surface area contributed by atoms with Gasteiger partial charge in [0.1, 0.15) is 0 Å². The van der Waals surface area contributed by atoms with Crippen molar-refractivity contribution in [3.8, 4) is 0 Å². The van der Waals surface area contributed by atoms with Gasteiger partial charge in [-0.1, -0.05) is 31.5 Å². The van der Waals surface area contributed by atoms with Crippen LogP contribution in [0.1, 0.15) is 44.6 Å². The van der Waals surface area contributed by atoms with E-state index in [4.69, 9.17) is 0 Å². The molecule has 0 aromatic heterocycles. The molecule has 0 bridgehead atoms.